The van der Waals surface area contributed by atoms with Crippen LogP contribution in [0, 0.1) is 10.1 Å². The van der Waals surface area contributed by atoms with E-state index >= 15 is 0 Å². The first-order valence-corrected chi connectivity index (χ1v) is 6.24. The van der Waals surface area contributed by atoms with Crippen molar-refractivity contribution in [3.8, 4) is 0 Å². The number of nitro groups is 1. The third-order valence-corrected chi connectivity index (χ3v) is 3.35. The normalized spacial score (nSPS) is 10.1. The van der Waals surface area contributed by atoms with Crippen LogP contribution in [0.1, 0.15) is 15.2 Å². The van der Waals surface area contributed by atoms with E-state index < -0.39 is 10.9 Å². The molecule has 2 aromatic rings. The van der Waals surface area contributed by atoms with Crippen LogP contribution in [0.25, 0.3) is 0 Å². The Hall–Kier alpha value is -2.41. The minimum atomic E-state index is -1.19. The summed E-state index contributed by atoms with van der Waals surface area (Å²) in [6.45, 7) is 0.463. The predicted molar refractivity (Wildman–Crippen MR) is 71.7 cm³/mol. The van der Waals surface area contributed by atoms with Crippen molar-refractivity contribution in [2.45, 2.75) is 6.54 Å². The van der Waals surface area contributed by atoms with Gasteiger partial charge in [-0.3, -0.25) is 10.1 Å². The Morgan fingerprint density at radius 3 is 2.79 bits per heavy atom. The maximum absolute atomic E-state index is 10.9. The Morgan fingerprint density at radius 2 is 2.21 bits per heavy atom. The molecule has 0 unspecified atom stereocenters. The molecular weight excluding hydrogens is 268 g/mol. The summed E-state index contributed by atoms with van der Waals surface area (Å²) in [5, 5.41) is 24.6. The van der Waals surface area contributed by atoms with E-state index in [9.17, 15) is 14.9 Å². The van der Waals surface area contributed by atoms with E-state index in [1.807, 2.05) is 17.5 Å². The molecule has 0 radical (unpaired) electrons. The number of nitrogens with zero attached hydrogens (tertiary/aromatic N) is 1. The molecule has 0 atom stereocenters. The molecule has 19 heavy (non-hydrogen) atoms. The first kappa shape index (κ1) is 13.0. The number of thiophene rings is 1. The van der Waals surface area contributed by atoms with Crippen molar-refractivity contribution in [3.63, 3.8) is 0 Å². The number of benzene rings is 1. The van der Waals surface area contributed by atoms with Crippen molar-refractivity contribution in [3.05, 3.63) is 56.3 Å². The highest BCUT2D eigenvalue weighted by molar-refractivity contribution is 7.09. The van der Waals surface area contributed by atoms with Gasteiger partial charge in [0, 0.05) is 17.5 Å². The van der Waals surface area contributed by atoms with Crippen LogP contribution in [0.5, 0.6) is 0 Å². The number of carboxylic acid groups (broad SMARTS) is 1. The van der Waals surface area contributed by atoms with E-state index in [4.69, 9.17) is 5.11 Å². The minimum Gasteiger partial charge on any atom is -0.478 e. The second-order valence-electron chi connectivity index (χ2n) is 3.73. The second-order valence-corrected chi connectivity index (χ2v) is 4.76. The van der Waals surface area contributed by atoms with Crippen LogP contribution in [-0.4, -0.2) is 16.0 Å². The molecule has 0 fully saturated rings. The Balaban J connectivity index is 2.24. The van der Waals surface area contributed by atoms with Gasteiger partial charge >= 0.3 is 5.97 Å². The molecule has 0 saturated heterocycles. The fourth-order valence-electron chi connectivity index (χ4n) is 1.56. The van der Waals surface area contributed by atoms with Gasteiger partial charge in [0.15, 0.2) is 0 Å². The van der Waals surface area contributed by atoms with Crippen molar-refractivity contribution in [2.75, 3.05) is 5.32 Å². The molecule has 98 valence electrons. The summed E-state index contributed by atoms with van der Waals surface area (Å²) in [4.78, 5) is 22.2. The summed E-state index contributed by atoms with van der Waals surface area (Å²) in [6, 6.07) is 7.61. The van der Waals surface area contributed by atoms with Crippen molar-refractivity contribution in [2.24, 2.45) is 0 Å². The molecule has 1 heterocycles. The Morgan fingerprint density at radius 1 is 1.42 bits per heavy atom. The number of aromatic carboxylic acids is 1. The first-order chi connectivity index (χ1) is 9.08. The average molecular weight is 278 g/mol. The highest BCUT2D eigenvalue weighted by Crippen LogP contribution is 2.26. The summed E-state index contributed by atoms with van der Waals surface area (Å²) in [5.41, 5.74) is -0.0340. The molecule has 1 aromatic heterocycles. The van der Waals surface area contributed by atoms with Gasteiger partial charge in [-0.15, -0.1) is 11.3 Å². The lowest BCUT2D eigenvalue weighted by Crippen LogP contribution is -2.04. The Kier molecular flexibility index (Phi) is 3.76. The van der Waals surface area contributed by atoms with E-state index in [0.717, 1.165) is 10.9 Å². The Bertz CT molecular complexity index is 610. The topological polar surface area (TPSA) is 92.5 Å². The van der Waals surface area contributed by atoms with Crippen LogP contribution in [-0.2, 0) is 6.54 Å². The van der Waals surface area contributed by atoms with Crippen LogP contribution in [0.15, 0.2) is 35.7 Å². The van der Waals surface area contributed by atoms with Crippen molar-refractivity contribution in [1.82, 2.24) is 0 Å². The van der Waals surface area contributed by atoms with E-state index in [-0.39, 0.29) is 11.3 Å². The molecule has 0 amide bonds. The lowest BCUT2D eigenvalue weighted by atomic mass is 10.1. The zero-order chi connectivity index (χ0) is 13.8. The molecule has 1 aromatic carbocycles. The molecule has 0 spiro atoms. The molecule has 0 saturated carbocycles. The smallest absolute Gasteiger partial charge is 0.335 e. The van der Waals surface area contributed by atoms with Gasteiger partial charge in [-0.1, -0.05) is 6.07 Å². The monoisotopic (exact) mass is 278 g/mol. The van der Waals surface area contributed by atoms with Gasteiger partial charge in [0.25, 0.3) is 5.69 Å². The van der Waals surface area contributed by atoms with Gasteiger partial charge in [0.05, 0.1) is 10.5 Å². The number of hydrogen-bond acceptors (Lipinski definition) is 5. The standard InChI is InChI=1S/C12H10N2O4S/c15-12(16)8-3-4-10(11(6-8)14(17)18)13-7-9-2-1-5-19-9/h1-6,13H,7H2,(H,15,16). The van der Waals surface area contributed by atoms with Gasteiger partial charge in [0.2, 0.25) is 0 Å². The number of hydrogen-bond donors (Lipinski definition) is 2. The zero-order valence-corrected chi connectivity index (χ0v) is 10.5. The molecule has 2 N–H and O–H groups in total. The molecule has 0 aliphatic heterocycles. The number of carbonyl (C=O) groups is 1. The number of nitro benzene ring substituents is 1. The van der Waals surface area contributed by atoms with Crippen LogP contribution < -0.4 is 5.32 Å². The average Bonchev–Trinajstić information content (AvgIpc) is 2.89. The molecule has 6 nitrogen and oxygen atoms in total. The lowest BCUT2D eigenvalue weighted by Gasteiger charge is -2.06. The maximum Gasteiger partial charge on any atom is 0.335 e. The van der Waals surface area contributed by atoms with Gasteiger partial charge in [-0.2, -0.15) is 0 Å². The molecular formula is C12H10N2O4S. The summed E-state index contributed by atoms with van der Waals surface area (Å²) < 4.78 is 0. The molecule has 0 aliphatic carbocycles. The quantitative estimate of drug-likeness (QED) is 0.648. The highest BCUT2D eigenvalue weighted by Gasteiger charge is 2.17. The zero-order valence-electron chi connectivity index (χ0n) is 9.70. The van der Waals surface area contributed by atoms with Crippen molar-refractivity contribution in [1.29, 1.82) is 0 Å². The van der Waals surface area contributed by atoms with E-state index in [0.29, 0.717) is 12.2 Å². The van der Waals surface area contributed by atoms with E-state index in [1.165, 1.54) is 23.5 Å². The van der Waals surface area contributed by atoms with Crippen LogP contribution in [0.3, 0.4) is 0 Å². The third kappa shape index (κ3) is 3.08. The summed E-state index contributed by atoms with van der Waals surface area (Å²) in [6.07, 6.45) is 0. The van der Waals surface area contributed by atoms with E-state index in [2.05, 4.69) is 5.32 Å². The van der Waals surface area contributed by atoms with Crippen molar-refractivity contribution < 1.29 is 14.8 Å². The van der Waals surface area contributed by atoms with Crippen LogP contribution in [0.2, 0.25) is 0 Å². The molecule has 7 heteroatoms. The first-order valence-electron chi connectivity index (χ1n) is 5.36. The fraction of sp³-hybridized carbons (Fsp3) is 0.0833. The van der Waals surface area contributed by atoms with Gasteiger partial charge < -0.3 is 10.4 Å². The van der Waals surface area contributed by atoms with E-state index in [1.54, 1.807) is 0 Å². The molecule has 2 rings (SSSR count). The van der Waals surface area contributed by atoms with Gasteiger partial charge in [-0.05, 0) is 23.6 Å². The fourth-order valence-corrected chi connectivity index (χ4v) is 2.21. The Labute approximate surface area is 112 Å². The number of anilines is 1. The predicted octanol–water partition coefficient (Wildman–Crippen LogP) is 2.97. The van der Waals surface area contributed by atoms with Crippen molar-refractivity contribution >= 4 is 28.7 Å². The van der Waals surface area contributed by atoms with Crippen LogP contribution >= 0.6 is 11.3 Å². The second kappa shape index (κ2) is 5.49. The summed E-state index contributed by atoms with van der Waals surface area (Å²) in [7, 11) is 0. The summed E-state index contributed by atoms with van der Waals surface area (Å²) in [5.74, 6) is -1.19. The maximum atomic E-state index is 10.9. The minimum absolute atomic E-state index is 0.103. The summed E-state index contributed by atoms with van der Waals surface area (Å²) >= 11 is 1.54. The lowest BCUT2D eigenvalue weighted by molar-refractivity contribution is -0.384. The van der Waals surface area contributed by atoms with Crippen LogP contribution in [0.4, 0.5) is 11.4 Å². The number of rotatable bonds is 5. The molecule has 0 aliphatic rings. The third-order valence-electron chi connectivity index (χ3n) is 2.47. The van der Waals surface area contributed by atoms with Gasteiger partial charge in [-0.25, -0.2) is 4.79 Å². The number of nitrogens with one attached hydrogen (secondary N) is 1. The SMILES string of the molecule is O=C(O)c1ccc(NCc2cccs2)c([N+](=O)[O-])c1. The molecule has 0 bridgehead atoms. The largest absolute Gasteiger partial charge is 0.478 e. The van der Waals surface area contributed by atoms with Gasteiger partial charge in [0.1, 0.15) is 5.69 Å². The highest BCUT2D eigenvalue weighted by atomic mass is 32.1. The number of carboxylic acids is 1.